The van der Waals surface area contributed by atoms with E-state index in [2.05, 4.69) is 5.32 Å². The topological polar surface area (TPSA) is 41.6 Å². The molecule has 0 aromatic heterocycles. The van der Waals surface area contributed by atoms with Gasteiger partial charge in [-0.3, -0.25) is 4.79 Å². The van der Waals surface area contributed by atoms with E-state index >= 15 is 0 Å². The molecule has 20 heavy (non-hydrogen) atoms. The number of carbonyl (C=O) groups is 1. The maximum Gasteiger partial charge on any atom is 0.240 e. The van der Waals surface area contributed by atoms with Gasteiger partial charge >= 0.3 is 0 Å². The second kappa shape index (κ2) is 5.83. The van der Waals surface area contributed by atoms with Crippen LogP contribution >= 0.6 is 0 Å². The van der Waals surface area contributed by atoms with Crippen molar-refractivity contribution in [2.24, 2.45) is 0 Å². The summed E-state index contributed by atoms with van der Waals surface area (Å²) in [7, 11) is 1.67. The van der Waals surface area contributed by atoms with Crippen LogP contribution in [0, 0.1) is 0 Å². The van der Waals surface area contributed by atoms with Gasteiger partial charge in [0.15, 0.2) is 0 Å². The fourth-order valence-electron chi connectivity index (χ4n) is 2.83. The van der Waals surface area contributed by atoms with E-state index in [1.54, 1.807) is 7.11 Å². The van der Waals surface area contributed by atoms with Crippen LogP contribution in [0.2, 0.25) is 0 Å². The van der Waals surface area contributed by atoms with Crippen LogP contribution in [0.5, 0.6) is 5.75 Å². The molecule has 4 nitrogen and oxygen atoms in total. The molecule has 2 aliphatic rings. The Bertz CT molecular complexity index is 485. The van der Waals surface area contributed by atoms with Crippen molar-refractivity contribution in [3.63, 3.8) is 0 Å². The Hall–Kier alpha value is -1.55. The molecule has 1 atom stereocenters. The third kappa shape index (κ3) is 2.96. The number of carbonyl (C=O) groups excluding carboxylic acids is 1. The average molecular weight is 274 g/mol. The normalized spacial score (nSPS) is 22.9. The number of benzene rings is 1. The van der Waals surface area contributed by atoms with Gasteiger partial charge in [-0.05, 0) is 31.7 Å². The lowest BCUT2D eigenvalue weighted by Crippen LogP contribution is -2.50. The minimum atomic E-state index is 0.0194. The van der Waals surface area contributed by atoms with Crippen LogP contribution in [-0.4, -0.2) is 36.5 Å². The van der Waals surface area contributed by atoms with Crippen molar-refractivity contribution < 1.29 is 9.53 Å². The predicted octanol–water partition coefficient (Wildman–Crippen LogP) is 1.94. The van der Waals surface area contributed by atoms with Crippen molar-refractivity contribution in [3.05, 3.63) is 29.8 Å². The Labute approximate surface area is 120 Å². The van der Waals surface area contributed by atoms with Crippen molar-refractivity contribution in [2.75, 3.05) is 13.7 Å². The number of nitrogens with one attached hydrogen (secondary N) is 1. The Balaban J connectivity index is 1.67. The van der Waals surface area contributed by atoms with Gasteiger partial charge < -0.3 is 15.0 Å². The van der Waals surface area contributed by atoms with Gasteiger partial charge in [-0.1, -0.05) is 18.2 Å². The number of likely N-dealkylation sites (tertiary alicyclic amines) is 1. The summed E-state index contributed by atoms with van der Waals surface area (Å²) in [6.07, 6.45) is 4.48. The van der Waals surface area contributed by atoms with E-state index in [9.17, 15) is 4.79 Å². The highest BCUT2D eigenvalue weighted by atomic mass is 16.5. The number of hydrogen-bond acceptors (Lipinski definition) is 3. The van der Waals surface area contributed by atoms with Gasteiger partial charge in [-0.25, -0.2) is 0 Å². The molecule has 2 fully saturated rings. The summed E-state index contributed by atoms with van der Waals surface area (Å²) in [5, 5.41) is 3.46. The lowest BCUT2D eigenvalue weighted by molar-refractivity contribution is -0.136. The second-order valence-corrected chi connectivity index (χ2v) is 5.71. The van der Waals surface area contributed by atoms with E-state index in [0.29, 0.717) is 12.6 Å². The molecule has 0 spiro atoms. The molecule has 1 unspecified atom stereocenters. The predicted molar refractivity (Wildman–Crippen MR) is 77.6 cm³/mol. The molecule has 1 N–H and O–H groups in total. The first-order valence-corrected chi connectivity index (χ1v) is 7.44. The van der Waals surface area contributed by atoms with Gasteiger partial charge in [-0.2, -0.15) is 0 Å². The highest BCUT2D eigenvalue weighted by Gasteiger charge is 2.33. The van der Waals surface area contributed by atoms with Gasteiger partial charge in [0.05, 0.1) is 13.2 Å². The molecule has 1 aliphatic carbocycles. The van der Waals surface area contributed by atoms with E-state index in [1.807, 2.05) is 29.2 Å². The minimum Gasteiger partial charge on any atom is -0.496 e. The van der Waals surface area contributed by atoms with Crippen LogP contribution in [0.4, 0.5) is 0 Å². The summed E-state index contributed by atoms with van der Waals surface area (Å²) in [5.41, 5.74) is 1.08. The third-order valence-corrected chi connectivity index (χ3v) is 4.10. The third-order valence-electron chi connectivity index (χ3n) is 4.10. The number of hydrogen-bond donors (Lipinski definition) is 1. The van der Waals surface area contributed by atoms with E-state index in [0.717, 1.165) is 30.7 Å². The number of amides is 1. The lowest BCUT2D eigenvalue weighted by Gasteiger charge is -2.33. The van der Waals surface area contributed by atoms with Gasteiger partial charge in [0.1, 0.15) is 5.75 Å². The minimum absolute atomic E-state index is 0.0194. The summed E-state index contributed by atoms with van der Waals surface area (Å²) in [6, 6.07) is 8.53. The molecule has 4 heteroatoms. The molecule has 1 amide bonds. The molecule has 1 saturated carbocycles. The monoisotopic (exact) mass is 274 g/mol. The first-order valence-electron chi connectivity index (χ1n) is 7.44. The summed E-state index contributed by atoms with van der Waals surface area (Å²) in [4.78, 5) is 14.5. The Morgan fingerprint density at radius 1 is 1.30 bits per heavy atom. The van der Waals surface area contributed by atoms with Crippen LogP contribution in [0.15, 0.2) is 24.3 Å². The van der Waals surface area contributed by atoms with Crippen LogP contribution < -0.4 is 10.1 Å². The highest BCUT2D eigenvalue weighted by Crippen LogP contribution is 2.25. The summed E-state index contributed by atoms with van der Waals surface area (Å²) >= 11 is 0. The van der Waals surface area contributed by atoms with Crippen LogP contribution in [0.25, 0.3) is 0 Å². The zero-order valence-electron chi connectivity index (χ0n) is 12.0. The molecular formula is C16H22N2O2. The SMILES string of the molecule is COc1ccccc1CN1CCCC(NC2CC2)C1=O. The number of rotatable bonds is 5. The number of para-hydroxylation sites is 1. The highest BCUT2D eigenvalue weighted by molar-refractivity contribution is 5.82. The molecule has 1 saturated heterocycles. The first kappa shape index (κ1) is 13.4. The molecule has 1 aromatic rings. The summed E-state index contributed by atoms with van der Waals surface area (Å²) < 4.78 is 5.37. The quantitative estimate of drug-likeness (QED) is 0.892. The largest absolute Gasteiger partial charge is 0.496 e. The van der Waals surface area contributed by atoms with Gasteiger partial charge in [0.2, 0.25) is 5.91 Å². The number of nitrogens with zero attached hydrogens (tertiary/aromatic N) is 1. The number of ether oxygens (including phenoxy) is 1. The molecule has 1 heterocycles. The summed E-state index contributed by atoms with van der Waals surface area (Å²) in [5.74, 6) is 1.10. The Kier molecular flexibility index (Phi) is 3.92. The zero-order valence-corrected chi connectivity index (χ0v) is 12.0. The van der Waals surface area contributed by atoms with Crippen molar-refractivity contribution in [1.82, 2.24) is 10.2 Å². The van der Waals surface area contributed by atoms with Crippen molar-refractivity contribution in [2.45, 2.75) is 44.3 Å². The molecular weight excluding hydrogens is 252 g/mol. The fraction of sp³-hybridized carbons (Fsp3) is 0.562. The van der Waals surface area contributed by atoms with Crippen molar-refractivity contribution in [3.8, 4) is 5.75 Å². The number of piperidine rings is 1. The Morgan fingerprint density at radius 2 is 2.10 bits per heavy atom. The first-order chi connectivity index (χ1) is 9.78. The second-order valence-electron chi connectivity index (χ2n) is 5.71. The molecule has 1 aliphatic heterocycles. The summed E-state index contributed by atoms with van der Waals surface area (Å²) in [6.45, 7) is 1.49. The van der Waals surface area contributed by atoms with E-state index in [4.69, 9.17) is 4.74 Å². The van der Waals surface area contributed by atoms with E-state index in [-0.39, 0.29) is 11.9 Å². The maximum atomic E-state index is 12.5. The van der Waals surface area contributed by atoms with E-state index < -0.39 is 0 Å². The molecule has 3 rings (SSSR count). The Morgan fingerprint density at radius 3 is 2.85 bits per heavy atom. The maximum absolute atomic E-state index is 12.5. The van der Waals surface area contributed by atoms with Crippen LogP contribution in [0.3, 0.4) is 0 Å². The smallest absolute Gasteiger partial charge is 0.240 e. The fourth-order valence-corrected chi connectivity index (χ4v) is 2.83. The molecule has 0 bridgehead atoms. The lowest BCUT2D eigenvalue weighted by atomic mass is 10.0. The molecule has 0 radical (unpaired) electrons. The molecule has 1 aromatic carbocycles. The van der Waals surface area contributed by atoms with Crippen LogP contribution in [0.1, 0.15) is 31.2 Å². The van der Waals surface area contributed by atoms with E-state index in [1.165, 1.54) is 12.8 Å². The zero-order chi connectivity index (χ0) is 13.9. The van der Waals surface area contributed by atoms with Crippen molar-refractivity contribution >= 4 is 5.91 Å². The average Bonchev–Trinajstić information content (AvgIpc) is 3.28. The molecule has 108 valence electrons. The van der Waals surface area contributed by atoms with Gasteiger partial charge in [-0.15, -0.1) is 0 Å². The van der Waals surface area contributed by atoms with Crippen LogP contribution in [-0.2, 0) is 11.3 Å². The van der Waals surface area contributed by atoms with Gasteiger partial charge in [0.25, 0.3) is 0 Å². The van der Waals surface area contributed by atoms with Gasteiger partial charge in [0, 0.05) is 24.7 Å². The number of methoxy groups -OCH3 is 1. The standard InChI is InChI=1S/C16H22N2O2/c1-20-15-7-3-2-5-12(15)11-18-10-4-6-14(16(18)19)17-13-8-9-13/h2-3,5,7,13-14,17H,4,6,8-11H2,1H3. The van der Waals surface area contributed by atoms with Crippen molar-refractivity contribution in [1.29, 1.82) is 0 Å².